The van der Waals surface area contributed by atoms with Crippen molar-refractivity contribution in [1.82, 2.24) is 4.72 Å². The molecular weight excluding hydrogens is 222 g/mol. The Balaban J connectivity index is 2.51. The molecule has 0 aliphatic carbocycles. The summed E-state index contributed by atoms with van der Waals surface area (Å²) in [5.74, 6) is 0. The van der Waals surface area contributed by atoms with Gasteiger partial charge in [0.1, 0.15) is 0 Å². The van der Waals surface area contributed by atoms with Crippen molar-refractivity contribution in [3.63, 3.8) is 0 Å². The first-order valence-corrected chi connectivity index (χ1v) is 6.85. The van der Waals surface area contributed by atoms with Gasteiger partial charge in [-0.1, -0.05) is 37.3 Å². The van der Waals surface area contributed by atoms with Crippen molar-refractivity contribution in [2.75, 3.05) is 6.54 Å². The molecule has 0 fully saturated rings. The van der Waals surface area contributed by atoms with Crippen molar-refractivity contribution < 1.29 is 8.42 Å². The van der Waals surface area contributed by atoms with E-state index in [2.05, 4.69) is 4.72 Å². The number of benzene rings is 1. The van der Waals surface area contributed by atoms with E-state index in [1.165, 1.54) is 0 Å². The van der Waals surface area contributed by atoms with Gasteiger partial charge in [-0.05, 0) is 25.0 Å². The lowest BCUT2D eigenvalue weighted by atomic mass is 10.3. The van der Waals surface area contributed by atoms with Crippen LogP contribution in [0.5, 0.6) is 0 Å². The average molecular weight is 239 g/mol. The number of hydrogen-bond donors (Lipinski definition) is 1. The molecule has 0 heterocycles. The van der Waals surface area contributed by atoms with Crippen LogP contribution in [0.25, 0.3) is 0 Å². The Kier molecular flexibility index (Phi) is 5.22. The van der Waals surface area contributed by atoms with Gasteiger partial charge in [0, 0.05) is 6.54 Å². The molecule has 0 radical (unpaired) electrons. The van der Waals surface area contributed by atoms with E-state index in [0.29, 0.717) is 11.4 Å². The predicted octanol–water partition coefficient (Wildman–Crippen LogP) is 2.32. The van der Waals surface area contributed by atoms with E-state index >= 15 is 0 Å². The standard InChI is InChI=1S/C12H17NO2S/c1-2-3-4-8-11-13-16(14,15)12-9-6-5-7-10-12/h3-7,9-10,13H,2,8,11H2,1H3/b4-3+. The van der Waals surface area contributed by atoms with Gasteiger partial charge in [-0.3, -0.25) is 0 Å². The average Bonchev–Trinajstić information content (AvgIpc) is 2.30. The normalized spacial score (nSPS) is 12.1. The third kappa shape index (κ3) is 4.16. The van der Waals surface area contributed by atoms with Gasteiger partial charge in [0.25, 0.3) is 0 Å². The van der Waals surface area contributed by atoms with E-state index in [1.54, 1.807) is 30.3 Å². The molecule has 1 aromatic carbocycles. The summed E-state index contributed by atoms with van der Waals surface area (Å²) < 4.78 is 26.0. The second kappa shape index (κ2) is 6.45. The van der Waals surface area contributed by atoms with E-state index in [4.69, 9.17) is 0 Å². The van der Waals surface area contributed by atoms with E-state index < -0.39 is 10.0 Å². The summed E-state index contributed by atoms with van der Waals surface area (Å²) in [5.41, 5.74) is 0. The predicted molar refractivity (Wildman–Crippen MR) is 65.7 cm³/mol. The van der Waals surface area contributed by atoms with Crippen LogP contribution in [0.1, 0.15) is 19.8 Å². The summed E-state index contributed by atoms with van der Waals surface area (Å²) in [6.45, 7) is 2.48. The van der Waals surface area contributed by atoms with E-state index in [-0.39, 0.29) is 0 Å². The van der Waals surface area contributed by atoms with Crippen molar-refractivity contribution in [2.24, 2.45) is 0 Å². The SMILES string of the molecule is CC/C=C/CCNS(=O)(=O)c1ccccc1. The molecule has 0 saturated carbocycles. The minimum absolute atomic E-state index is 0.314. The topological polar surface area (TPSA) is 46.2 Å². The highest BCUT2D eigenvalue weighted by Crippen LogP contribution is 2.06. The van der Waals surface area contributed by atoms with Crippen LogP contribution in [0, 0.1) is 0 Å². The molecule has 0 saturated heterocycles. The summed E-state index contributed by atoms with van der Waals surface area (Å²) in [6, 6.07) is 8.40. The Hall–Kier alpha value is -1.13. The van der Waals surface area contributed by atoms with E-state index in [9.17, 15) is 8.42 Å². The van der Waals surface area contributed by atoms with Gasteiger partial charge in [0.15, 0.2) is 0 Å². The number of allylic oxidation sites excluding steroid dienone is 1. The lowest BCUT2D eigenvalue weighted by molar-refractivity contribution is 0.582. The van der Waals surface area contributed by atoms with Gasteiger partial charge in [-0.15, -0.1) is 0 Å². The zero-order valence-electron chi connectivity index (χ0n) is 9.39. The second-order valence-electron chi connectivity index (χ2n) is 3.38. The van der Waals surface area contributed by atoms with Crippen LogP contribution in [0.15, 0.2) is 47.4 Å². The Morgan fingerprint density at radius 1 is 1.19 bits per heavy atom. The molecule has 88 valence electrons. The van der Waals surface area contributed by atoms with Crippen molar-refractivity contribution in [3.05, 3.63) is 42.5 Å². The van der Waals surface area contributed by atoms with E-state index in [0.717, 1.165) is 12.8 Å². The van der Waals surface area contributed by atoms with Gasteiger partial charge in [-0.2, -0.15) is 0 Å². The third-order valence-electron chi connectivity index (χ3n) is 2.06. The summed E-state index contributed by atoms with van der Waals surface area (Å²) in [6.07, 6.45) is 5.70. The fourth-order valence-electron chi connectivity index (χ4n) is 1.24. The minimum Gasteiger partial charge on any atom is -0.211 e. The molecule has 0 bridgehead atoms. The van der Waals surface area contributed by atoms with Gasteiger partial charge >= 0.3 is 0 Å². The Labute approximate surface area is 97.2 Å². The first-order valence-electron chi connectivity index (χ1n) is 5.36. The number of nitrogens with one attached hydrogen (secondary N) is 1. The fraction of sp³-hybridized carbons (Fsp3) is 0.333. The molecule has 16 heavy (non-hydrogen) atoms. The smallest absolute Gasteiger partial charge is 0.211 e. The van der Waals surface area contributed by atoms with Crippen molar-refractivity contribution in [2.45, 2.75) is 24.7 Å². The van der Waals surface area contributed by atoms with Crippen molar-refractivity contribution >= 4 is 10.0 Å². The monoisotopic (exact) mass is 239 g/mol. The lowest BCUT2D eigenvalue weighted by Gasteiger charge is -2.04. The second-order valence-corrected chi connectivity index (χ2v) is 5.15. The van der Waals surface area contributed by atoms with Gasteiger partial charge < -0.3 is 0 Å². The molecule has 1 N–H and O–H groups in total. The maximum atomic E-state index is 11.7. The molecule has 0 atom stereocenters. The maximum absolute atomic E-state index is 11.7. The molecule has 0 aromatic heterocycles. The lowest BCUT2D eigenvalue weighted by Crippen LogP contribution is -2.24. The fourth-order valence-corrected chi connectivity index (χ4v) is 2.31. The van der Waals surface area contributed by atoms with Crippen LogP contribution in [0.2, 0.25) is 0 Å². The Morgan fingerprint density at radius 3 is 2.50 bits per heavy atom. The first-order chi connectivity index (χ1) is 7.67. The molecule has 0 unspecified atom stereocenters. The van der Waals surface area contributed by atoms with Crippen LogP contribution in [0.4, 0.5) is 0 Å². The number of hydrogen-bond acceptors (Lipinski definition) is 2. The van der Waals surface area contributed by atoms with Crippen LogP contribution < -0.4 is 4.72 Å². The maximum Gasteiger partial charge on any atom is 0.240 e. The highest BCUT2D eigenvalue weighted by Gasteiger charge is 2.11. The van der Waals surface area contributed by atoms with Crippen molar-refractivity contribution in [3.8, 4) is 0 Å². The molecule has 1 aromatic rings. The molecule has 0 aliphatic heterocycles. The first kappa shape index (κ1) is 12.9. The van der Waals surface area contributed by atoms with E-state index in [1.807, 2.05) is 19.1 Å². The van der Waals surface area contributed by atoms with Gasteiger partial charge in [0.2, 0.25) is 10.0 Å². The van der Waals surface area contributed by atoms with Crippen LogP contribution in [0.3, 0.4) is 0 Å². The number of sulfonamides is 1. The molecule has 0 amide bonds. The summed E-state index contributed by atoms with van der Waals surface area (Å²) in [7, 11) is -3.33. The number of rotatable bonds is 6. The highest BCUT2D eigenvalue weighted by molar-refractivity contribution is 7.89. The molecule has 4 heteroatoms. The summed E-state index contributed by atoms with van der Waals surface area (Å²) in [4.78, 5) is 0.314. The zero-order chi connectivity index (χ0) is 11.9. The quantitative estimate of drug-likeness (QED) is 0.611. The molecule has 3 nitrogen and oxygen atoms in total. The summed E-state index contributed by atoms with van der Waals surface area (Å²) >= 11 is 0. The largest absolute Gasteiger partial charge is 0.240 e. The molecule has 1 rings (SSSR count). The van der Waals surface area contributed by atoms with Crippen molar-refractivity contribution in [1.29, 1.82) is 0 Å². The van der Waals surface area contributed by atoms with Crippen LogP contribution in [-0.4, -0.2) is 15.0 Å². The Bertz CT molecular complexity index is 424. The zero-order valence-corrected chi connectivity index (χ0v) is 10.2. The molecule has 0 aliphatic rings. The van der Waals surface area contributed by atoms with Gasteiger partial charge in [0.05, 0.1) is 4.90 Å². The van der Waals surface area contributed by atoms with Crippen LogP contribution >= 0.6 is 0 Å². The highest BCUT2D eigenvalue weighted by atomic mass is 32.2. The third-order valence-corrected chi connectivity index (χ3v) is 3.54. The van der Waals surface area contributed by atoms with Gasteiger partial charge in [-0.25, -0.2) is 13.1 Å². The molecular formula is C12H17NO2S. The van der Waals surface area contributed by atoms with Crippen LogP contribution in [-0.2, 0) is 10.0 Å². The minimum atomic E-state index is -3.33. The summed E-state index contributed by atoms with van der Waals surface area (Å²) in [5, 5.41) is 0. The molecule has 0 spiro atoms. The Morgan fingerprint density at radius 2 is 1.88 bits per heavy atom.